The highest BCUT2D eigenvalue weighted by atomic mass is 79.9. The summed E-state index contributed by atoms with van der Waals surface area (Å²) in [6.07, 6.45) is 2.78. The zero-order valence-corrected chi connectivity index (χ0v) is 14.1. The summed E-state index contributed by atoms with van der Waals surface area (Å²) in [6, 6.07) is 6.56. The first-order valence-electron chi connectivity index (χ1n) is 7.60. The molecule has 1 unspecified atom stereocenters. The lowest BCUT2D eigenvalue weighted by molar-refractivity contribution is 0.115. The molecule has 1 heterocycles. The van der Waals surface area contributed by atoms with Gasteiger partial charge in [0.1, 0.15) is 0 Å². The third kappa shape index (κ3) is 4.21. The molecule has 1 aliphatic rings. The summed E-state index contributed by atoms with van der Waals surface area (Å²) in [4.78, 5) is 2.44. The van der Waals surface area contributed by atoms with Gasteiger partial charge in [-0.2, -0.15) is 0 Å². The lowest BCUT2D eigenvalue weighted by Gasteiger charge is -2.28. The van der Waals surface area contributed by atoms with E-state index in [-0.39, 0.29) is 0 Å². The molecule has 0 spiro atoms. The zero-order chi connectivity index (χ0) is 14.4. The highest BCUT2D eigenvalue weighted by Gasteiger charge is 2.20. The minimum atomic E-state index is 0.390. The Kier molecular flexibility index (Phi) is 6.33. The predicted molar refractivity (Wildman–Crippen MR) is 88.4 cm³/mol. The normalized spacial score (nSPS) is 18.4. The Morgan fingerprint density at radius 2 is 2.25 bits per heavy atom. The Morgan fingerprint density at radius 1 is 1.40 bits per heavy atom. The van der Waals surface area contributed by atoms with Crippen LogP contribution in [0.25, 0.3) is 0 Å². The summed E-state index contributed by atoms with van der Waals surface area (Å²) < 4.78 is 6.93. The maximum atomic E-state index is 5.79. The first-order chi connectivity index (χ1) is 9.74. The summed E-state index contributed by atoms with van der Waals surface area (Å²) in [5.41, 5.74) is 2.67. The average Bonchev–Trinajstić information content (AvgIpc) is 2.96. The minimum Gasteiger partial charge on any atom is -0.376 e. The molecule has 1 N–H and O–H groups in total. The fourth-order valence-electron chi connectivity index (χ4n) is 2.67. The van der Waals surface area contributed by atoms with Crippen molar-refractivity contribution >= 4 is 21.6 Å². The van der Waals surface area contributed by atoms with E-state index in [0.29, 0.717) is 6.10 Å². The second-order valence-electron chi connectivity index (χ2n) is 5.23. The Morgan fingerprint density at radius 3 is 2.90 bits per heavy atom. The molecule has 1 atom stereocenters. The Labute approximate surface area is 130 Å². The summed E-state index contributed by atoms with van der Waals surface area (Å²) in [5.74, 6) is 0. The van der Waals surface area contributed by atoms with Gasteiger partial charge in [0, 0.05) is 36.4 Å². The molecule has 2 rings (SSSR count). The fraction of sp³-hybridized carbons (Fsp3) is 0.625. The molecule has 0 aromatic heterocycles. The van der Waals surface area contributed by atoms with E-state index in [1.807, 2.05) is 0 Å². The molecule has 1 saturated heterocycles. The third-order valence-electron chi connectivity index (χ3n) is 3.78. The second kappa shape index (κ2) is 8.01. The van der Waals surface area contributed by atoms with Crippen molar-refractivity contribution in [3.63, 3.8) is 0 Å². The van der Waals surface area contributed by atoms with Crippen LogP contribution in [0.15, 0.2) is 22.7 Å². The van der Waals surface area contributed by atoms with Gasteiger partial charge in [0.25, 0.3) is 0 Å². The molecular formula is C16H25BrN2O. The monoisotopic (exact) mass is 340 g/mol. The lowest BCUT2D eigenvalue weighted by Crippen LogP contribution is -2.33. The first kappa shape index (κ1) is 15.8. The Balaban J connectivity index is 2.15. The molecule has 3 nitrogen and oxygen atoms in total. The Hall–Kier alpha value is -0.580. The number of rotatable bonds is 7. The number of hydrogen-bond acceptors (Lipinski definition) is 3. The van der Waals surface area contributed by atoms with Crippen LogP contribution < -0.4 is 10.2 Å². The quantitative estimate of drug-likeness (QED) is 0.821. The number of benzene rings is 1. The van der Waals surface area contributed by atoms with Crippen LogP contribution in [0.3, 0.4) is 0 Å². The number of nitrogens with zero attached hydrogens (tertiary/aromatic N) is 1. The van der Waals surface area contributed by atoms with Crippen LogP contribution in [0.1, 0.15) is 32.3 Å². The van der Waals surface area contributed by atoms with E-state index < -0.39 is 0 Å². The third-order valence-corrected chi connectivity index (χ3v) is 4.28. The average molecular weight is 341 g/mol. The van der Waals surface area contributed by atoms with Gasteiger partial charge in [0.05, 0.1) is 6.10 Å². The SMILES string of the molecule is CCNCc1ccc(Br)cc1N(CC)CC1CCCO1. The van der Waals surface area contributed by atoms with Crippen molar-refractivity contribution in [3.8, 4) is 0 Å². The second-order valence-corrected chi connectivity index (χ2v) is 6.14. The Bertz CT molecular complexity index is 419. The van der Waals surface area contributed by atoms with E-state index in [0.717, 1.165) is 37.3 Å². The van der Waals surface area contributed by atoms with Gasteiger partial charge in [0.2, 0.25) is 0 Å². The van der Waals surface area contributed by atoms with E-state index in [1.165, 1.54) is 24.1 Å². The van der Waals surface area contributed by atoms with Crippen molar-refractivity contribution in [1.82, 2.24) is 5.32 Å². The number of ether oxygens (including phenoxy) is 1. The molecule has 4 heteroatoms. The molecule has 0 aliphatic carbocycles. The lowest BCUT2D eigenvalue weighted by atomic mass is 10.1. The van der Waals surface area contributed by atoms with Crippen LogP contribution in [0, 0.1) is 0 Å². The first-order valence-corrected chi connectivity index (χ1v) is 8.39. The van der Waals surface area contributed by atoms with Crippen molar-refractivity contribution in [2.24, 2.45) is 0 Å². The van der Waals surface area contributed by atoms with E-state index in [1.54, 1.807) is 0 Å². The smallest absolute Gasteiger partial charge is 0.0750 e. The summed E-state index contributed by atoms with van der Waals surface area (Å²) in [7, 11) is 0. The number of hydrogen-bond donors (Lipinski definition) is 1. The van der Waals surface area contributed by atoms with Crippen LogP contribution in [0.5, 0.6) is 0 Å². The maximum absolute atomic E-state index is 5.79. The van der Waals surface area contributed by atoms with Crippen LogP contribution in [0.2, 0.25) is 0 Å². The predicted octanol–water partition coefficient (Wildman–Crippen LogP) is 3.56. The van der Waals surface area contributed by atoms with Crippen LogP contribution in [-0.4, -0.2) is 32.3 Å². The minimum absolute atomic E-state index is 0.390. The topological polar surface area (TPSA) is 24.5 Å². The van der Waals surface area contributed by atoms with Crippen molar-refractivity contribution in [3.05, 3.63) is 28.2 Å². The molecule has 0 amide bonds. The van der Waals surface area contributed by atoms with Gasteiger partial charge in [-0.1, -0.05) is 28.9 Å². The van der Waals surface area contributed by atoms with E-state index >= 15 is 0 Å². The van der Waals surface area contributed by atoms with Gasteiger partial charge >= 0.3 is 0 Å². The maximum Gasteiger partial charge on any atom is 0.0750 e. The van der Waals surface area contributed by atoms with Crippen molar-refractivity contribution in [2.75, 3.05) is 31.1 Å². The highest BCUT2D eigenvalue weighted by Crippen LogP contribution is 2.27. The molecule has 1 aliphatic heterocycles. The molecule has 1 aromatic carbocycles. The van der Waals surface area contributed by atoms with Gasteiger partial charge in [0.15, 0.2) is 0 Å². The van der Waals surface area contributed by atoms with Crippen LogP contribution >= 0.6 is 15.9 Å². The summed E-state index contributed by atoms with van der Waals surface area (Å²) >= 11 is 3.60. The van der Waals surface area contributed by atoms with Gasteiger partial charge in [-0.3, -0.25) is 0 Å². The molecule has 1 fully saturated rings. The molecular weight excluding hydrogens is 316 g/mol. The van der Waals surface area contributed by atoms with Crippen molar-refractivity contribution < 1.29 is 4.74 Å². The van der Waals surface area contributed by atoms with Crippen LogP contribution in [-0.2, 0) is 11.3 Å². The van der Waals surface area contributed by atoms with E-state index in [9.17, 15) is 0 Å². The molecule has 0 radical (unpaired) electrons. The summed E-state index contributed by atoms with van der Waals surface area (Å²) in [6.45, 7) is 9.19. The fourth-order valence-corrected chi connectivity index (χ4v) is 3.02. The molecule has 20 heavy (non-hydrogen) atoms. The number of anilines is 1. The van der Waals surface area contributed by atoms with Gasteiger partial charge in [-0.05, 0) is 44.0 Å². The molecule has 1 aromatic rings. The largest absolute Gasteiger partial charge is 0.376 e. The number of nitrogens with one attached hydrogen (secondary N) is 1. The van der Waals surface area contributed by atoms with E-state index in [2.05, 4.69) is 58.2 Å². The summed E-state index contributed by atoms with van der Waals surface area (Å²) in [5, 5.41) is 3.42. The zero-order valence-electron chi connectivity index (χ0n) is 12.5. The molecule has 0 bridgehead atoms. The van der Waals surface area contributed by atoms with Gasteiger partial charge in [-0.15, -0.1) is 0 Å². The van der Waals surface area contributed by atoms with E-state index in [4.69, 9.17) is 4.74 Å². The van der Waals surface area contributed by atoms with Crippen molar-refractivity contribution in [2.45, 2.75) is 39.3 Å². The van der Waals surface area contributed by atoms with Gasteiger partial charge in [-0.25, -0.2) is 0 Å². The standard InChI is InChI=1S/C16H25BrN2O/c1-3-18-11-13-7-8-14(17)10-16(13)19(4-2)12-15-6-5-9-20-15/h7-8,10,15,18H,3-6,9,11-12H2,1-2H3. The number of likely N-dealkylation sites (N-methyl/N-ethyl adjacent to an activating group) is 1. The molecule has 112 valence electrons. The van der Waals surface area contributed by atoms with Gasteiger partial charge < -0.3 is 15.0 Å². The highest BCUT2D eigenvalue weighted by molar-refractivity contribution is 9.10. The molecule has 0 saturated carbocycles. The van der Waals surface area contributed by atoms with Crippen molar-refractivity contribution in [1.29, 1.82) is 0 Å². The van der Waals surface area contributed by atoms with Crippen LogP contribution in [0.4, 0.5) is 5.69 Å². The number of halogens is 1.